The van der Waals surface area contributed by atoms with E-state index in [-0.39, 0.29) is 0 Å². The first kappa shape index (κ1) is 61.0. The monoisotopic (exact) mass is 1080 g/mol. The van der Waals surface area contributed by atoms with Gasteiger partial charge in [-0.15, -0.1) is 10.2 Å². The Morgan fingerprint density at radius 3 is 1.17 bits per heavy atom. The maximum atomic E-state index is 5.01. The molecule has 0 N–H and O–H groups in total. The number of para-hydroxylation sites is 2. The Labute approximate surface area is 487 Å². The minimum Gasteiger partial charge on any atom is -0.323 e. The quantitative estimate of drug-likeness (QED) is 0.0904. The van der Waals surface area contributed by atoms with Crippen molar-refractivity contribution in [1.82, 2.24) is 0 Å². The summed E-state index contributed by atoms with van der Waals surface area (Å²) in [6.07, 6.45) is 3.52. The maximum absolute atomic E-state index is 5.01. The summed E-state index contributed by atoms with van der Waals surface area (Å²) in [5.74, 6) is 1.97. The second-order valence-electron chi connectivity index (χ2n) is 22.0. The summed E-state index contributed by atoms with van der Waals surface area (Å²) < 4.78 is 9.42. The molecule has 0 bridgehead atoms. The van der Waals surface area contributed by atoms with Gasteiger partial charge < -0.3 is 9.80 Å². The predicted molar refractivity (Wildman–Crippen MR) is 339 cm³/mol. The van der Waals surface area contributed by atoms with Gasteiger partial charge in [-0.2, -0.15) is 4.57 Å². The van der Waals surface area contributed by atoms with E-state index in [1.165, 1.54) is 129 Å². The molecule has 8 aromatic rings. The van der Waals surface area contributed by atoms with Crippen molar-refractivity contribution in [3.8, 4) is 0 Å². The number of benzene rings is 4. The number of nitrogens with zero attached hydrogens (tertiary/aromatic N) is 8. The molecule has 0 spiro atoms. The first-order valence-corrected chi connectivity index (χ1v) is 29.8. The number of anilines is 2. The molecule has 2 aliphatic heterocycles. The fourth-order valence-corrected chi connectivity index (χ4v) is 11.7. The Bertz CT molecular complexity index is 3590. The number of fused-ring (bicyclic) bond motifs is 2. The molecule has 0 aliphatic carbocycles. The molecule has 81 heavy (non-hydrogen) atoms. The van der Waals surface area contributed by atoms with E-state index in [4.69, 9.17) is 10.2 Å². The largest absolute Gasteiger partial charge is 0.323 e. The second kappa shape index (κ2) is 27.3. The average molecular weight is 1080 g/mol. The van der Waals surface area contributed by atoms with E-state index in [0.29, 0.717) is 0 Å². The zero-order valence-corrected chi connectivity index (χ0v) is 52.9. The topological polar surface area (TPSA) is 46.7 Å². The smallest absolute Gasteiger partial charge is 0.181 e. The highest BCUT2D eigenvalue weighted by atomic mass is 15.4. The van der Waals surface area contributed by atoms with Gasteiger partial charge in [0.15, 0.2) is 52.1 Å². The van der Waals surface area contributed by atoms with E-state index in [1.54, 1.807) is 0 Å². The third kappa shape index (κ3) is 13.4. The molecule has 0 saturated heterocycles. The molecule has 8 heteroatoms. The lowest BCUT2D eigenvalue weighted by Gasteiger charge is -2.21. The normalized spacial score (nSPS) is 13.3. The van der Waals surface area contributed by atoms with Crippen LogP contribution in [0.1, 0.15) is 152 Å². The van der Waals surface area contributed by atoms with Crippen LogP contribution >= 0.6 is 0 Å². The molecule has 0 fully saturated rings. The van der Waals surface area contributed by atoms with Crippen LogP contribution in [-0.4, -0.2) is 11.7 Å². The van der Waals surface area contributed by atoms with Gasteiger partial charge in [-0.3, -0.25) is 0 Å². The van der Waals surface area contributed by atoms with Crippen LogP contribution in [0.5, 0.6) is 0 Å². The lowest BCUT2D eigenvalue weighted by Crippen LogP contribution is -2.42. The molecule has 0 amide bonds. The van der Waals surface area contributed by atoms with Crippen LogP contribution in [0.3, 0.4) is 0 Å². The van der Waals surface area contributed by atoms with Gasteiger partial charge in [-0.05, 0) is 104 Å². The van der Waals surface area contributed by atoms with Crippen LogP contribution in [0.2, 0.25) is 0 Å². The first-order chi connectivity index (χ1) is 38.9. The molecule has 4 aromatic heterocycles. The van der Waals surface area contributed by atoms with E-state index in [1.807, 2.05) is 27.7 Å². The van der Waals surface area contributed by atoms with Gasteiger partial charge in [-0.25, -0.2) is 13.7 Å². The van der Waals surface area contributed by atoms with Crippen LogP contribution in [-0.2, 0) is 66.0 Å². The van der Waals surface area contributed by atoms with Crippen molar-refractivity contribution in [2.45, 2.75) is 170 Å². The molecule has 0 saturated carbocycles. The number of hydrogen-bond acceptors (Lipinski definition) is 2. The van der Waals surface area contributed by atoms with E-state index in [0.717, 1.165) is 63.5 Å². The molecule has 0 atom stereocenters. The highest BCUT2D eigenvalue weighted by molar-refractivity contribution is 6.07. The lowest BCUT2D eigenvalue weighted by atomic mass is 9.95. The van der Waals surface area contributed by atoms with Gasteiger partial charge in [0.05, 0.1) is 0 Å². The molecular formula is C73H94N8+4. The van der Waals surface area contributed by atoms with Crippen molar-refractivity contribution in [2.24, 2.45) is 24.3 Å². The van der Waals surface area contributed by atoms with Crippen LogP contribution in [0, 0.1) is 83.1 Å². The molecule has 0 radical (unpaired) electrons. The van der Waals surface area contributed by atoms with Gasteiger partial charge in [0.2, 0.25) is 0 Å². The Kier molecular flexibility index (Phi) is 20.5. The molecule has 2 aliphatic rings. The van der Waals surface area contributed by atoms with E-state index >= 15 is 0 Å². The number of rotatable bonds is 12. The van der Waals surface area contributed by atoms with E-state index < -0.39 is 0 Å². The van der Waals surface area contributed by atoms with Gasteiger partial charge >= 0.3 is 0 Å². The Morgan fingerprint density at radius 2 is 0.741 bits per heavy atom. The zero-order chi connectivity index (χ0) is 58.8. The number of hydrogen-bond donors (Lipinski definition) is 0. The van der Waals surface area contributed by atoms with Crippen LogP contribution in [0.15, 0.2) is 138 Å². The van der Waals surface area contributed by atoms with E-state index in [2.05, 4.69) is 260 Å². The zero-order valence-electron chi connectivity index (χ0n) is 52.9. The van der Waals surface area contributed by atoms with Crippen LogP contribution < -0.4 is 28.1 Å². The summed E-state index contributed by atoms with van der Waals surface area (Å²) in [6.45, 7) is 40.5. The molecule has 8 nitrogen and oxygen atoms in total. The maximum Gasteiger partial charge on any atom is 0.181 e. The summed E-state index contributed by atoms with van der Waals surface area (Å²) in [5.41, 5.74) is 30.8. The summed E-state index contributed by atoms with van der Waals surface area (Å²) in [4.78, 5) is 4.67. The van der Waals surface area contributed by atoms with Crippen molar-refractivity contribution in [1.29, 1.82) is 0 Å². The van der Waals surface area contributed by atoms with Crippen LogP contribution in [0.25, 0.3) is 0 Å². The Balaban J connectivity index is 0.000000304. The predicted octanol–water partition coefficient (Wildman–Crippen LogP) is 14.1. The van der Waals surface area contributed by atoms with Gasteiger partial charge in [0.25, 0.3) is 0 Å². The number of pyridine rings is 4. The fraction of sp³-hybridized carbons (Fsp3) is 0.370. The van der Waals surface area contributed by atoms with Gasteiger partial charge in [0, 0.05) is 145 Å². The molecule has 0 unspecified atom stereocenters. The van der Waals surface area contributed by atoms with Crippen molar-refractivity contribution < 1.29 is 18.3 Å². The molecule has 10 rings (SSSR count). The molecule has 6 heterocycles. The molecular weight excluding hydrogens is 989 g/mol. The third-order valence-electron chi connectivity index (χ3n) is 17.5. The molecule has 422 valence electrons. The van der Waals surface area contributed by atoms with Crippen LogP contribution in [0.4, 0.5) is 11.4 Å². The lowest BCUT2D eigenvalue weighted by molar-refractivity contribution is -0.705. The summed E-state index contributed by atoms with van der Waals surface area (Å²) in [7, 11) is 4.30. The fourth-order valence-electron chi connectivity index (χ4n) is 11.7. The van der Waals surface area contributed by atoms with Crippen molar-refractivity contribution in [3.63, 3.8) is 0 Å². The Hall–Kier alpha value is -7.58. The first-order valence-electron chi connectivity index (χ1n) is 29.8. The Morgan fingerprint density at radius 1 is 0.395 bits per heavy atom. The second-order valence-corrected chi connectivity index (χ2v) is 22.0. The standard InChI is InChI=1S/C49H52N6.C20H30N2.2C2H6/c1-33-25-44(35(3)37(5)52(33)7)27-45-26-34(2)53(38(6)36(45)4)30-40-21-23-41(24-22-40)32-55-47-20-14-12-18-43(47)29-49(55)51-50-48-28-42-17-11-13-19-46(42)54(48)31-39-15-9-8-10-16-39;1-9-22-14(3)11-20(16(5)18(22)7)12-19-10-13(2)21(8)17(6)15(19)4;2*1-2/h8-26H,27-32H2,1-7H3;10-11H,9,12H2,1-8H3;2*1-2H3/q2*+2;;/b50-48+,51-49+;;;. The average Bonchev–Trinajstić information content (AvgIpc) is 4.09. The van der Waals surface area contributed by atoms with Gasteiger partial charge in [0.1, 0.15) is 32.3 Å². The minimum absolute atomic E-state index is 0.740. The number of aryl methyl sites for hydroxylation is 4. The molecule has 4 aromatic carbocycles. The highest BCUT2D eigenvalue weighted by Crippen LogP contribution is 2.34. The number of aromatic nitrogens is 4. The summed E-state index contributed by atoms with van der Waals surface area (Å²) in [6, 6.07) is 46.5. The van der Waals surface area contributed by atoms with Crippen molar-refractivity contribution in [3.05, 3.63) is 245 Å². The summed E-state index contributed by atoms with van der Waals surface area (Å²) in [5, 5.41) is 10.00. The minimum atomic E-state index is 0.740. The van der Waals surface area contributed by atoms with Gasteiger partial charge in [-0.1, -0.05) is 119 Å². The highest BCUT2D eigenvalue weighted by Gasteiger charge is 2.29. The number of amidine groups is 2. The van der Waals surface area contributed by atoms with Crippen molar-refractivity contribution >= 4 is 23.0 Å². The SMILES string of the molecule is CC.CC.CC[n+]1c(C)cc(Cc2cc(C)[n+](C)c(C)c2C)c(C)c1C.Cc1c(Cc2cc(C)[n+](Cc3ccc(CN4/C(=N/N=C5\Cc6ccccc6N5Cc5ccccc5)Cc5ccccc54)cc3)c(C)c2C)cc(C)[n+](C)c1C. The van der Waals surface area contributed by atoms with E-state index in [9.17, 15) is 0 Å². The summed E-state index contributed by atoms with van der Waals surface area (Å²) >= 11 is 0. The third-order valence-corrected chi connectivity index (χ3v) is 17.5. The van der Waals surface area contributed by atoms with Crippen molar-refractivity contribution in [2.75, 3.05) is 9.80 Å².